The van der Waals surface area contributed by atoms with Gasteiger partial charge in [-0.1, -0.05) is 25.1 Å². The monoisotopic (exact) mass is 270 g/mol. The van der Waals surface area contributed by atoms with Gasteiger partial charge in [-0.3, -0.25) is 0 Å². The normalized spacial score (nSPS) is 15.6. The van der Waals surface area contributed by atoms with Gasteiger partial charge in [-0.2, -0.15) is 5.10 Å². The van der Waals surface area contributed by atoms with Crippen LogP contribution >= 0.6 is 0 Å². The number of nitrogens with one attached hydrogen (secondary N) is 1. The van der Waals surface area contributed by atoms with Gasteiger partial charge in [-0.25, -0.2) is 4.68 Å². The van der Waals surface area contributed by atoms with Crippen molar-refractivity contribution in [2.45, 2.75) is 20.3 Å². The predicted octanol–water partition coefficient (Wildman–Crippen LogP) is 2.15. The summed E-state index contributed by atoms with van der Waals surface area (Å²) in [6, 6.07) is 8.43. The summed E-state index contributed by atoms with van der Waals surface area (Å²) in [5.41, 5.74) is 5.04. The van der Waals surface area contributed by atoms with Crippen LogP contribution in [-0.2, 0) is 6.42 Å². The fourth-order valence-electron chi connectivity index (χ4n) is 2.87. The van der Waals surface area contributed by atoms with Crippen LogP contribution in [0.5, 0.6) is 0 Å². The van der Waals surface area contributed by atoms with Crippen molar-refractivity contribution in [1.82, 2.24) is 15.1 Å². The van der Waals surface area contributed by atoms with E-state index in [4.69, 9.17) is 0 Å². The van der Waals surface area contributed by atoms with E-state index in [2.05, 4.69) is 58.1 Å². The molecule has 1 fully saturated rings. The molecule has 1 N–H and O–H groups in total. The molecule has 0 amide bonds. The third-order valence-electron chi connectivity index (χ3n) is 3.98. The van der Waals surface area contributed by atoms with Gasteiger partial charge in [0.25, 0.3) is 0 Å². The third kappa shape index (κ3) is 2.31. The molecule has 0 bridgehead atoms. The molecule has 0 spiro atoms. The number of anilines is 1. The molecule has 0 aliphatic carbocycles. The Morgan fingerprint density at radius 1 is 1.15 bits per heavy atom. The van der Waals surface area contributed by atoms with Crippen LogP contribution in [0.3, 0.4) is 0 Å². The van der Waals surface area contributed by atoms with E-state index in [1.165, 1.54) is 22.6 Å². The Hall–Kier alpha value is -1.81. The Balaban J connectivity index is 2.01. The van der Waals surface area contributed by atoms with Gasteiger partial charge in [-0.15, -0.1) is 0 Å². The summed E-state index contributed by atoms with van der Waals surface area (Å²) in [5.74, 6) is 0. The van der Waals surface area contributed by atoms with E-state index in [1.807, 2.05) is 6.20 Å². The molecule has 4 nitrogen and oxygen atoms in total. The summed E-state index contributed by atoms with van der Waals surface area (Å²) < 4.78 is 2.10. The fraction of sp³-hybridized carbons (Fsp3) is 0.438. The van der Waals surface area contributed by atoms with E-state index in [9.17, 15) is 0 Å². The maximum Gasteiger partial charge on any atom is 0.0790 e. The predicted molar refractivity (Wildman–Crippen MR) is 82.8 cm³/mol. The Kier molecular flexibility index (Phi) is 3.74. The maximum atomic E-state index is 4.65. The number of piperazine rings is 1. The van der Waals surface area contributed by atoms with Crippen molar-refractivity contribution < 1.29 is 0 Å². The summed E-state index contributed by atoms with van der Waals surface area (Å²) >= 11 is 0. The van der Waals surface area contributed by atoms with Crippen LogP contribution in [0.1, 0.15) is 18.2 Å². The molecular weight excluding hydrogens is 248 g/mol. The van der Waals surface area contributed by atoms with Crippen molar-refractivity contribution in [2.75, 3.05) is 31.1 Å². The number of benzene rings is 1. The lowest BCUT2D eigenvalue weighted by molar-refractivity contribution is 0.587. The van der Waals surface area contributed by atoms with E-state index in [0.29, 0.717) is 0 Å². The molecule has 1 aliphatic heterocycles. The molecule has 2 aromatic rings. The molecular formula is C16H22N4. The summed E-state index contributed by atoms with van der Waals surface area (Å²) in [6.45, 7) is 8.58. The number of nitrogens with zero attached hydrogens (tertiary/aromatic N) is 3. The van der Waals surface area contributed by atoms with Crippen molar-refractivity contribution in [3.8, 4) is 5.69 Å². The van der Waals surface area contributed by atoms with E-state index >= 15 is 0 Å². The molecule has 3 rings (SSSR count). The smallest absolute Gasteiger partial charge is 0.0790 e. The molecule has 1 aromatic heterocycles. The van der Waals surface area contributed by atoms with Crippen LogP contribution in [0, 0.1) is 6.92 Å². The zero-order chi connectivity index (χ0) is 13.9. The highest BCUT2D eigenvalue weighted by Crippen LogP contribution is 2.25. The Morgan fingerprint density at radius 3 is 2.60 bits per heavy atom. The highest BCUT2D eigenvalue weighted by Gasteiger charge is 2.18. The van der Waals surface area contributed by atoms with E-state index in [1.54, 1.807) is 0 Å². The molecule has 0 radical (unpaired) electrons. The first kappa shape index (κ1) is 13.2. The highest BCUT2D eigenvalue weighted by molar-refractivity contribution is 5.54. The average molecular weight is 270 g/mol. The Bertz CT molecular complexity index is 582. The molecule has 1 saturated heterocycles. The molecule has 20 heavy (non-hydrogen) atoms. The first-order chi connectivity index (χ1) is 9.81. The molecule has 4 heteroatoms. The summed E-state index contributed by atoms with van der Waals surface area (Å²) in [4.78, 5) is 2.44. The van der Waals surface area contributed by atoms with Gasteiger partial charge >= 0.3 is 0 Å². The lowest BCUT2D eigenvalue weighted by atomic mass is 10.2. The second kappa shape index (κ2) is 5.67. The molecule has 1 aliphatic rings. The number of hydrogen-bond acceptors (Lipinski definition) is 3. The minimum absolute atomic E-state index is 0.994. The molecule has 0 saturated carbocycles. The summed E-state index contributed by atoms with van der Waals surface area (Å²) in [6.07, 6.45) is 3.02. The molecule has 106 valence electrons. The first-order valence-electron chi connectivity index (χ1n) is 7.40. The Morgan fingerprint density at radius 2 is 1.90 bits per heavy atom. The quantitative estimate of drug-likeness (QED) is 0.928. The standard InChI is InChI=1S/C16H22N4/c1-3-14-16(19-10-8-17-9-11-19)12-18-20(14)15-7-5-4-6-13(15)2/h4-7,12,17H,3,8-11H2,1-2H3. The number of rotatable bonds is 3. The zero-order valence-electron chi connectivity index (χ0n) is 12.3. The first-order valence-corrected chi connectivity index (χ1v) is 7.40. The highest BCUT2D eigenvalue weighted by atomic mass is 15.3. The van der Waals surface area contributed by atoms with Crippen LogP contribution in [0.4, 0.5) is 5.69 Å². The van der Waals surface area contributed by atoms with Crippen molar-refractivity contribution in [3.05, 3.63) is 41.7 Å². The lowest BCUT2D eigenvalue weighted by Gasteiger charge is -2.29. The van der Waals surface area contributed by atoms with Gasteiger partial charge < -0.3 is 10.2 Å². The summed E-state index contributed by atoms with van der Waals surface area (Å²) in [7, 11) is 0. The average Bonchev–Trinajstić information content (AvgIpc) is 2.92. The lowest BCUT2D eigenvalue weighted by Crippen LogP contribution is -2.43. The molecule has 0 atom stereocenters. The van der Waals surface area contributed by atoms with Gasteiger partial charge in [-0.05, 0) is 25.0 Å². The van der Waals surface area contributed by atoms with Gasteiger partial charge in [0.05, 0.1) is 23.3 Å². The van der Waals surface area contributed by atoms with E-state index < -0.39 is 0 Å². The minimum atomic E-state index is 0.994. The van der Waals surface area contributed by atoms with Crippen LogP contribution in [0.25, 0.3) is 5.69 Å². The largest absolute Gasteiger partial charge is 0.366 e. The van der Waals surface area contributed by atoms with E-state index in [0.717, 1.165) is 32.6 Å². The van der Waals surface area contributed by atoms with Crippen molar-refractivity contribution in [1.29, 1.82) is 0 Å². The zero-order valence-corrected chi connectivity index (χ0v) is 12.3. The number of hydrogen-bond donors (Lipinski definition) is 1. The van der Waals surface area contributed by atoms with Gasteiger partial charge in [0.1, 0.15) is 0 Å². The second-order valence-electron chi connectivity index (χ2n) is 5.27. The number of aromatic nitrogens is 2. The fourth-order valence-corrected chi connectivity index (χ4v) is 2.87. The SMILES string of the molecule is CCc1c(N2CCNCC2)cnn1-c1ccccc1C. The maximum absolute atomic E-state index is 4.65. The Labute approximate surface area is 120 Å². The second-order valence-corrected chi connectivity index (χ2v) is 5.27. The van der Waals surface area contributed by atoms with Crippen molar-refractivity contribution in [2.24, 2.45) is 0 Å². The van der Waals surface area contributed by atoms with Crippen LogP contribution < -0.4 is 10.2 Å². The number of aryl methyl sites for hydroxylation is 1. The van der Waals surface area contributed by atoms with Crippen molar-refractivity contribution in [3.63, 3.8) is 0 Å². The summed E-state index contributed by atoms with van der Waals surface area (Å²) in [5, 5.41) is 8.05. The van der Waals surface area contributed by atoms with Gasteiger partial charge in [0.2, 0.25) is 0 Å². The number of para-hydroxylation sites is 1. The van der Waals surface area contributed by atoms with Crippen LogP contribution in [0.2, 0.25) is 0 Å². The van der Waals surface area contributed by atoms with Gasteiger partial charge in [0, 0.05) is 26.2 Å². The molecule has 1 aromatic carbocycles. The third-order valence-corrected chi connectivity index (χ3v) is 3.98. The van der Waals surface area contributed by atoms with Crippen LogP contribution in [0.15, 0.2) is 30.5 Å². The van der Waals surface area contributed by atoms with Gasteiger partial charge in [0.15, 0.2) is 0 Å². The van der Waals surface area contributed by atoms with Crippen LogP contribution in [-0.4, -0.2) is 36.0 Å². The van der Waals surface area contributed by atoms with Crippen molar-refractivity contribution >= 4 is 5.69 Å². The molecule has 0 unspecified atom stereocenters. The van der Waals surface area contributed by atoms with E-state index in [-0.39, 0.29) is 0 Å². The topological polar surface area (TPSA) is 33.1 Å². The molecule has 2 heterocycles. The minimum Gasteiger partial charge on any atom is -0.366 e.